The van der Waals surface area contributed by atoms with Crippen LogP contribution >= 0.6 is 0 Å². The van der Waals surface area contributed by atoms with Crippen molar-refractivity contribution in [3.05, 3.63) is 42.1 Å². The molecular formula is C22H27N5O. The summed E-state index contributed by atoms with van der Waals surface area (Å²) in [4.78, 5) is 6.89. The summed E-state index contributed by atoms with van der Waals surface area (Å²) >= 11 is 0. The number of hydrogen-bond donors (Lipinski definition) is 0. The molecule has 0 radical (unpaired) electrons. The first-order valence-electron chi connectivity index (χ1n) is 9.62. The smallest absolute Gasteiger partial charge is 0.159 e. The third-order valence-corrected chi connectivity index (χ3v) is 4.58. The Morgan fingerprint density at radius 3 is 2.54 bits per heavy atom. The summed E-state index contributed by atoms with van der Waals surface area (Å²) in [7, 11) is 4.12. The fraction of sp³-hybridized carbons (Fsp3) is 0.409. The number of ether oxygens (including phenoxy) is 1. The highest BCUT2D eigenvalue weighted by Gasteiger charge is 2.15. The van der Waals surface area contributed by atoms with Gasteiger partial charge in [0.1, 0.15) is 18.0 Å². The van der Waals surface area contributed by atoms with E-state index in [2.05, 4.69) is 50.1 Å². The Hall–Kier alpha value is -2.91. The highest BCUT2D eigenvalue weighted by molar-refractivity contribution is 5.91. The molecule has 0 fully saturated rings. The highest BCUT2D eigenvalue weighted by atomic mass is 16.5. The Morgan fingerprint density at radius 2 is 1.89 bits per heavy atom. The molecular weight excluding hydrogens is 350 g/mol. The minimum Gasteiger partial charge on any atom is -0.494 e. The summed E-state index contributed by atoms with van der Waals surface area (Å²) in [6.45, 7) is 6.09. The molecule has 146 valence electrons. The van der Waals surface area contributed by atoms with Crippen molar-refractivity contribution in [3.8, 4) is 23.1 Å². The summed E-state index contributed by atoms with van der Waals surface area (Å²) in [5.74, 6) is 1.17. The summed E-state index contributed by atoms with van der Waals surface area (Å²) in [5, 5.41) is 14.8. The first-order chi connectivity index (χ1) is 13.5. The van der Waals surface area contributed by atoms with Crippen LogP contribution in [0, 0.1) is 11.3 Å². The van der Waals surface area contributed by atoms with Gasteiger partial charge in [-0.3, -0.25) is 0 Å². The molecule has 0 aliphatic heterocycles. The van der Waals surface area contributed by atoms with Crippen LogP contribution in [0.4, 0.5) is 0 Å². The normalized spacial score (nSPS) is 11.3. The Balaban J connectivity index is 1.85. The molecule has 2 heterocycles. The number of nitrogens with zero attached hydrogens (tertiary/aromatic N) is 5. The predicted octanol–water partition coefficient (Wildman–Crippen LogP) is 4.08. The molecule has 0 saturated carbocycles. The molecule has 6 nitrogen and oxygen atoms in total. The van der Waals surface area contributed by atoms with Crippen LogP contribution in [0.3, 0.4) is 0 Å². The van der Waals surface area contributed by atoms with E-state index >= 15 is 0 Å². The maximum absolute atomic E-state index is 9.15. The van der Waals surface area contributed by atoms with Gasteiger partial charge in [0.25, 0.3) is 0 Å². The van der Waals surface area contributed by atoms with Crippen LogP contribution in [0.5, 0.6) is 5.75 Å². The Bertz CT molecular complexity index is 967. The van der Waals surface area contributed by atoms with Crippen molar-refractivity contribution in [2.75, 3.05) is 27.2 Å². The zero-order valence-electron chi connectivity index (χ0n) is 17.0. The number of pyridine rings is 1. The lowest BCUT2D eigenvalue weighted by Crippen LogP contribution is -2.15. The quantitative estimate of drug-likeness (QED) is 0.554. The third kappa shape index (κ3) is 4.49. The molecule has 0 amide bonds. The van der Waals surface area contributed by atoms with Crippen LogP contribution < -0.4 is 4.74 Å². The maximum atomic E-state index is 9.15. The molecule has 3 rings (SSSR count). The second-order valence-corrected chi connectivity index (χ2v) is 7.46. The van der Waals surface area contributed by atoms with Crippen molar-refractivity contribution in [2.24, 2.45) is 0 Å². The summed E-state index contributed by atoms with van der Waals surface area (Å²) in [6, 6.07) is 14.2. The molecule has 0 aliphatic rings. The molecule has 28 heavy (non-hydrogen) atoms. The minimum absolute atomic E-state index is 0.179. The van der Waals surface area contributed by atoms with Crippen molar-refractivity contribution in [3.63, 3.8) is 0 Å². The van der Waals surface area contributed by atoms with Crippen LogP contribution in [-0.2, 0) is 6.54 Å². The average Bonchev–Trinajstić information content (AvgIpc) is 3.04. The van der Waals surface area contributed by atoms with E-state index < -0.39 is 0 Å². The molecule has 0 unspecified atom stereocenters. The van der Waals surface area contributed by atoms with Gasteiger partial charge in [-0.05, 0) is 62.8 Å². The van der Waals surface area contributed by atoms with Crippen LogP contribution in [0.2, 0.25) is 0 Å². The van der Waals surface area contributed by atoms with E-state index in [1.807, 2.05) is 30.3 Å². The molecule has 0 bridgehead atoms. The van der Waals surface area contributed by atoms with Crippen molar-refractivity contribution in [1.29, 1.82) is 5.26 Å². The number of benzene rings is 1. The summed E-state index contributed by atoms with van der Waals surface area (Å²) < 4.78 is 7.50. The number of aromatic nitrogens is 3. The highest BCUT2D eigenvalue weighted by Crippen LogP contribution is 2.29. The number of nitriles is 1. The van der Waals surface area contributed by atoms with E-state index in [1.165, 1.54) is 0 Å². The number of fused-ring (bicyclic) bond motifs is 1. The lowest BCUT2D eigenvalue weighted by atomic mass is 10.1. The molecule has 0 spiro atoms. The van der Waals surface area contributed by atoms with E-state index in [9.17, 15) is 0 Å². The first-order valence-corrected chi connectivity index (χ1v) is 9.62. The van der Waals surface area contributed by atoms with Gasteiger partial charge < -0.3 is 9.64 Å². The zero-order chi connectivity index (χ0) is 20.1. The third-order valence-electron chi connectivity index (χ3n) is 4.58. The monoisotopic (exact) mass is 377 g/mol. The molecule has 0 atom stereocenters. The largest absolute Gasteiger partial charge is 0.494 e. The lowest BCUT2D eigenvalue weighted by Gasteiger charge is -2.10. The van der Waals surface area contributed by atoms with Gasteiger partial charge in [0, 0.05) is 23.2 Å². The lowest BCUT2D eigenvalue weighted by molar-refractivity contribution is 0.281. The molecule has 0 saturated heterocycles. The second kappa shape index (κ2) is 8.85. The number of rotatable bonds is 8. The molecule has 0 aliphatic carbocycles. The van der Waals surface area contributed by atoms with Crippen molar-refractivity contribution in [1.82, 2.24) is 19.7 Å². The fourth-order valence-corrected chi connectivity index (χ4v) is 3.06. The maximum Gasteiger partial charge on any atom is 0.159 e. The standard InChI is InChI=1S/C22H27N5O/c1-16(2)20-11-10-19-21(25-27(14-12-23)22(19)24-20)17-6-8-18(9-7-17)28-15-5-13-26(3)4/h6-11,16H,5,13-15H2,1-4H3. The number of hydrogen-bond acceptors (Lipinski definition) is 5. The van der Waals surface area contributed by atoms with Crippen LogP contribution in [0.1, 0.15) is 31.9 Å². The fourth-order valence-electron chi connectivity index (χ4n) is 3.06. The average molecular weight is 377 g/mol. The Labute approximate surface area is 166 Å². The van der Waals surface area contributed by atoms with Crippen LogP contribution in [-0.4, -0.2) is 46.9 Å². The van der Waals surface area contributed by atoms with Gasteiger partial charge >= 0.3 is 0 Å². The SMILES string of the molecule is CC(C)c1ccc2c(-c3ccc(OCCCN(C)C)cc3)nn(CC#N)c2n1. The Kier molecular flexibility index (Phi) is 6.27. The second-order valence-electron chi connectivity index (χ2n) is 7.46. The molecule has 1 aromatic carbocycles. The van der Waals surface area contributed by atoms with Gasteiger partial charge in [0.15, 0.2) is 5.65 Å². The van der Waals surface area contributed by atoms with Gasteiger partial charge in [-0.15, -0.1) is 0 Å². The summed E-state index contributed by atoms with van der Waals surface area (Å²) in [6.07, 6.45) is 0.988. The molecule has 2 aromatic heterocycles. The molecule has 3 aromatic rings. The first kappa shape index (κ1) is 19.8. The van der Waals surface area contributed by atoms with Gasteiger partial charge in [0.05, 0.1) is 12.7 Å². The van der Waals surface area contributed by atoms with E-state index in [0.29, 0.717) is 12.5 Å². The topological polar surface area (TPSA) is 67.0 Å². The van der Waals surface area contributed by atoms with Gasteiger partial charge in [-0.25, -0.2) is 9.67 Å². The van der Waals surface area contributed by atoms with E-state index in [1.54, 1.807) is 4.68 Å². The van der Waals surface area contributed by atoms with E-state index in [4.69, 9.17) is 15.0 Å². The van der Waals surface area contributed by atoms with E-state index in [0.717, 1.165) is 46.7 Å². The van der Waals surface area contributed by atoms with Crippen molar-refractivity contribution >= 4 is 11.0 Å². The van der Waals surface area contributed by atoms with Gasteiger partial charge in [-0.1, -0.05) is 13.8 Å². The minimum atomic E-state index is 0.179. The Morgan fingerprint density at radius 1 is 1.14 bits per heavy atom. The van der Waals surface area contributed by atoms with Crippen LogP contribution in [0.15, 0.2) is 36.4 Å². The van der Waals surface area contributed by atoms with Crippen LogP contribution in [0.25, 0.3) is 22.3 Å². The molecule has 0 N–H and O–H groups in total. The van der Waals surface area contributed by atoms with Crippen molar-refractivity contribution in [2.45, 2.75) is 32.7 Å². The summed E-state index contributed by atoms with van der Waals surface area (Å²) in [5.41, 5.74) is 3.58. The van der Waals surface area contributed by atoms with Crippen molar-refractivity contribution < 1.29 is 4.74 Å². The van der Waals surface area contributed by atoms with Gasteiger partial charge in [-0.2, -0.15) is 10.4 Å². The predicted molar refractivity (Wildman–Crippen MR) is 111 cm³/mol. The zero-order valence-corrected chi connectivity index (χ0v) is 17.0. The molecule has 6 heteroatoms. The van der Waals surface area contributed by atoms with Gasteiger partial charge in [0.2, 0.25) is 0 Å². The van der Waals surface area contributed by atoms with E-state index in [-0.39, 0.29) is 6.54 Å².